The molecule has 0 heterocycles. The van der Waals surface area contributed by atoms with Crippen molar-refractivity contribution in [1.29, 1.82) is 5.26 Å². The van der Waals surface area contributed by atoms with E-state index in [2.05, 4.69) is 21.9 Å². The Balaban J connectivity index is 4.24. The number of carbonyl (C=O) groups excluding carboxylic acids is 1. The lowest BCUT2D eigenvalue weighted by molar-refractivity contribution is -0.140. The van der Waals surface area contributed by atoms with Gasteiger partial charge in [-0.25, -0.2) is 9.79 Å². The lowest BCUT2D eigenvalue weighted by atomic mass is 10.3. The Morgan fingerprint density at radius 2 is 2.50 bits per heavy atom. The first-order valence-electron chi connectivity index (χ1n) is 2.30. The second-order valence-corrected chi connectivity index (χ2v) is 1.46. The number of ether oxygens (including phenoxy) is 1. The van der Waals surface area contributed by atoms with Crippen LogP contribution in [-0.4, -0.2) is 24.3 Å². The maximum Gasteiger partial charge on any atom is 0.346 e. The fourth-order valence-corrected chi connectivity index (χ4v) is 0.404. The molecule has 0 aromatic heterocycles. The van der Waals surface area contributed by atoms with Gasteiger partial charge in [0.05, 0.1) is 12.3 Å². The summed E-state index contributed by atoms with van der Waals surface area (Å²) >= 11 is 4.19. The van der Waals surface area contributed by atoms with Crippen molar-refractivity contribution < 1.29 is 9.53 Å². The third kappa shape index (κ3) is 2.35. The molecule has 0 aliphatic heterocycles. The van der Waals surface area contributed by atoms with Gasteiger partial charge in [-0.1, -0.05) is 0 Å². The van der Waals surface area contributed by atoms with Crippen LogP contribution in [0, 0.1) is 11.3 Å². The largest absolute Gasteiger partial charge is 0.467 e. The third-order valence-electron chi connectivity index (χ3n) is 0.729. The second kappa shape index (κ2) is 4.62. The molecule has 0 N–H and O–H groups in total. The van der Waals surface area contributed by atoms with Crippen molar-refractivity contribution in [3.05, 3.63) is 0 Å². The highest BCUT2D eigenvalue weighted by atomic mass is 32.1. The summed E-state index contributed by atoms with van der Waals surface area (Å²) in [6.45, 7) is 0. The zero-order chi connectivity index (χ0) is 7.98. The van der Waals surface area contributed by atoms with Crippen LogP contribution in [0.3, 0.4) is 0 Å². The number of isothiocyanates is 1. The molecule has 1 atom stereocenters. The first-order chi connectivity index (χ1) is 4.76. The minimum atomic E-state index is -1.16. The van der Waals surface area contributed by atoms with Gasteiger partial charge in [0.1, 0.15) is 6.07 Å². The maximum absolute atomic E-state index is 10.5. The zero-order valence-electron chi connectivity index (χ0n) is 5.20. The van der Waals surface area contributed by atoms with E-state index in [4.69, 9.17) is 5.26 Å². The predicted molar refractivity (Wildman–Crippen MR) is 36.4 cm³/mol. The lowest BCUT2D eigenvalue weighted by Crippen LogP contribution is -2.17. The van der Waals surface area contributed by atoms with E-state index in [-0.39, 0.29) is 0 Å². The lowest BCUT2D eigenvalue weighted by Gasteiger charge is -1.96. The first kappa shape index (κ1) is 8.76. The van der Waals surface area contributed by atoms with Crippen LogP contribution in [0.15, 0.2) is 4.99 Å². The smallest absolute Gasteiger partial charge is 0.346 e. The summed E-state index contributed by atoms with van der Waals surface area (Å²) in [6, 6.07) is 0.419. The van der Waals surface area contributed by atoms with Crippen LogP contribution in [0.4, 0.5) is 0 Å². The molecule has 0 aliphatic carbocycles. The first-order valence-corrected chi connectivity index (χ1v) is 2.71. The minimum absolute atomic E-state index is 0.722. The van der Waals surface area contributed by atoms with Gasteiger partial charge in [0.2, 0.25) is 6.04 Å². The molecule has 0 aromatic carbocycles. The van der Waals surface area contributed by atoms with Gasteiger partial charge in [-0.2, -0.15) is 5.26 Å². The molecular weight excluding hydrogens is 152 g/mol. The van der Waals surface area contributed by atoms with Gasteiger partial charge in [-0.3, -0.25) is 0 Å². The number of aliphatic imine (C=N–C) groups is 1. The quantitative estimate of drug-likeness (QED) is 0.324. The highest BCUT2D eigenvalue weighted by Crippen LogP contribution is 1.89. The zero-order valence-corrected chi connectivity index (χ0v) is 6.01. The van der Waals surface area contributed by atoms with E-state index < -0.39 is 12.0 Å². The van der Waals surface area contributed by atoms with Crippen molar-refractivity contribution in [3.63, 3.8) is 0 Å². The standard InChI is InChI=1S/C5H4N2O2S/c1-9-5(8)4(2-6)7-3-10/h4H,1H3. The Morgan fingerprint density at radius 1 is 1.90 bits per heavy atom. The molecule has 52 valence electrons. The van der Waals surface area contributed by atoms with Gasteiger partial charge in [0, 0.05) is 0 Å². The minimum Gasteiger partial charge on any atom is -0.467 e. The van der Waals surface area contributed by atoms with Crippen molar-refractivity contribution in [2.45, 2.75) is 6.04 Å². The molecule has 0 spiro atoms. The number of hydrogen-bond donors (Lipinski definition) is 0. The van der Waals surface area contributed by atoms with Crippen molar-refractivity contribution in [1.82, 2.24) is 0 Å². The second-order valence-electron chi connectivity index (χ2n) is 1.28. The highest BCUT2D eigenvalue weighted by molar-refractivity contribution is 7.78. The van der Waals surface area contributed by atoms with E-state index in [9.17, 15) is 4.79 Å². The number of methoxy groups -OCH3 is 1. The van der Waals surface area contributed by atoms with E-state index in [1.165, 1.54) is 7.11 Å². The van der Waals surface area contributed by atoms with Crippen molar-refractivity contribution in [2.24, 2.45) is 4.99 Å². The average Bonchev–Trinajstić information content (AvgIpc) is 1.99. The molecule has 0 aliphatic rings. The number of hydrogen-bond acceptors (Lipinski definition) is 5. The maximum atomic E-state index is 10.5. The van der Waals surface area contributed by atoms with Gasteiger partial charge in [0.15, 0.2) is 0 Å². The molecular formula is C5H4N2O2S. The Labute approximate surface area is 63.1 Å². The van der Waals surface area contributed by atoms with Gasteiger partial charge in [-0.15, -0.1) is 0 Å². The summed E-state index contributed by atoms with van der Waals surface area (Å²) in [7, 11) is 1.17. The Bertz CT molecular complexity index is 214. The number of esters is 1. The third-order valence-corrected chi connectivity index (χ3v) is 0.834. The molecule has 0 saturated heterocycles. The topological polar surface area (TPSA) is 62.5 Å². The number of nitrogens with zero attached hydrogens (tertiary/aromatic N) is 2. The van der Waals surface area contributed by atoms with E-state index in [1.54, 1.807) is 6.07 Å². The molecule has 4 nitrogen and oxygen atoms in total. The molecule has 5 heteroatoms. The molecule has 0 amide bonds. The van der Waals surface area contributed by atoms with E-state index >= 15 is 0 Å². The van der Waals surface area contributed by atoms with Gasteiger partial charge in [0.25, 0.3) is 0 Å². The SMILES string of the molecule is COC(=O)C(C#N)N=C=S. The van der Waals surface area contributed by atoms with Crippen LogP contribution in [0.5, 0.6) is 0 Å². The van der Waals surface area contributed by atoms with Gasteiger partial charge < -0.3 is 4.74 Å². The van der Waals surface area contributed by atoms with Crippen LogP contribution in [-0.2, 0) is 9.53 Å². The molecule has 0 fully saturated rings. The Morgan fingerprint density at radius 3 is 2.80 bits per heavy atom. The number of rotatable bonds is 2. The van der Waals surface area contributed by atoms with Gasteiger partial charge in [-0.05, 0) is 12.2 Å². The van der Waals surface area contributed by atoms with Crippen molar-refractivity contribution >= 4 is 23.3 Å². The molecule has 0 saturated carbocycles. The average molecular weight is 156 g/mol. The van der Waals surface area contributed by atoms with Crippen molar-refractivity contribution in [2.75, 3.05) is 7.11 Å². The summed E-state index contributed by atoms with van der Waals surface area (Å²) in [5, 5.41) is 10.1. The summed E-state index contributed by atoms with van der Waals surface area (Å²) in [4.78, 5) is 13.8. The summed E-state index contributed by atoms with van der Waals surface area (Å²) < 4.78 is 4.21. The molecule has 0 rings (SSSR count). The van der Waals surface area contributed by atoms with E-state index in [0.29, 0.717) is 0 Å². The number of nitriles is 1. The van der Waals surface area contributed by atoms with Gasteiger partial charge >= 0.3 is 5.97 Å². The summed E-state index contributed by atoms with van der Waals surface area (Å²) in [5.41, 5.74) is 0. The van der Waals surface area contributed by atoms with E-state index in [0.717, 1.165) is 0 Å². The normalized spacial score (nSPS) is 10.4. The summed E-state index contributed by atoms with van der Waals surface area (Å²) in [5.74, 6) is -0.722. The molecule has 0 aromatic rings. The Hall–Kier alpha value is -1.24. The van der Waals surface area contributed by atoms with Crippen LogP contribution in [0.1, 0.15) is 0 Å². The molecule has 0 radical (unpaired) electrons. The fraction of sp³-hybridized carbons (Fsp3) is 0.400. The highest BCUT2D eigenvalue weighted by Gasteiger charge is 2.15. The van der Waals surface area contributed by atoms with Crippen LogP contribution >= 0.6 is 12.2 Å². The fourth-order valence-electron chi connectivity index (χ4n) is 0.299. The van der Waals surface area contributed by atoms with Crippen LogP contribution in [0.25, 0.3) is 0 Å². The van der Waals surface area contributed by atoms with Crippen LogP contribution < -0.4 is 0 Å². The number of thiocarbonyl (C=S) groups is 1. The molecule has 0 bridgehead atoms. The monoisotopic (exact) mass is 156 g/mol. The molecule has 1 unspecified atom stereocenters. The summed E-state index contributed by atoms with van der Waals surface area (Å²) in [6.07, 6.45) is 0. The van der Waals surface area contributed by atoms with Crippen LogP contribution in [0.2, 0.25) is 0 Å². The Kier molecular flexibility index (Phi) is 4.05. The molecule has 10 heavy (non-hydrogen) atoms. The predicted octanol–water partition coefficient (Wildman–Crippen LogP) is 0.154. The van der Waals surface area contributed by atoms with Crippen molar-refractivity contribution in [3.8, 4) is 6.07 Å². The number of carbonyl (C=O) groups is 1. The van der Waals surface area contributed by atoms with E-state index in [1.807, 2.05) is 5.16 Å².